The van der Waals surface area contributed by atoms with Crippen LogP contribution in [0.25, 0.3) is 17.2 Å². The molecule has 35 heavy (non-hydrogen) atoms. The Balaban J connectivity index is 1.60. The highest BCUT2D eigenvalue weighted by Gasteiger charge is 2.48. The highest BCUT2D eigenvalue weighted by Crippen LogP contribution is 2.46. The number of amides is 1. The van der Waals surface area contributed by atoms with Crippen molar-refractivity contribution in [2.75, 3.05) is 17.2 Å². The molecule has 4 heterocycles. The van der Waals surface area contributed by atoms with Gasteiger partial charge < -0.3 is 15.0 Å². The van der Waals surface area contributed by atoms with Crippen LogP contribution in [0.3, 0.4) is 0 Å². The molecule has 0 saturated carbocycles. The van der Waals surface area contributed by atoms with Crippen molar-refractivity contribution < 1.29 is 18.0 Å². The second-order valence-electron chi connectivity index (χ2n) is 8.32. The molecule has 0 saturated heterocycles. The van der Waals surface area contributed by atoms with E-state index in [0.29, 0.717) is 27.5 Å². The molecule has 1 atom stereocenters. The molecule has 180 valence electrons. The Hall–Kier alpha value is -3.73. The SMILES string of the molecule is CC1(c2ccc(Cl)cc2)C(=O)Nc2nc(-c3cn4ccnc4cn3)nc(NCCCC(F)(F)F)c21. The summed E-state index contributed by atoms with van der Waals surface area (Å²) >= 11 is 6.03. The summed E-state index contributed by atoms with van der Waals surface area (Å²) in [7, 11) is 0. The fourth-order valence-corrected chi connectivity index (χ4v) is 4.24. The minimum atomic E-state index is -4.26. The van der Waals surface area contributed by atoms with Crippen LogP contribution in [0.2, 0.25) is 5.02 Å². The van der Waals surface area contributed by atoms with E-state index < -0.39 is 18.0 Å². The number of benzene rings is 1. The maximum absolute atomic E-state index is 13.2. The summed E-state index contributed by atoms with van der Waals surface area (Å²) in [5, 5.41) is 6.32. The molecular weight excluding hydrogens is 483 g/mol. The van der Waals surface area contributed by atoms with Gasteiger partial charge in [0.2, 0.25) is 5.91 Å². The molecule has 0 spiro atoms. The molecule has 1 aromatic carbocycles. The van der Waals surface area contributed by atoms with E-state index in [2.05, 4.69) is 30.6 Å². The Bertz CT molecular complexity index is 1420. The zero-order valence-electron chi connectivity index (χ0n) is 18.4. The Kier molecular flexibility index (Phi) is 5.59. The smallest absolute Gasteiger partial charge is 0.370 e. The van der Waals surface area contributed by atoms with E-state index in [9.17, 15) is 18.0 Å². The van der Waals surface area contributed by atoms with Crippen molar-refractivity contribution >= 4 is 34.8 Å². The van der Waals surface area contributed by atoms with E-state index in [-0.39, 0.29) is 36.3 Å². The lowest BCUT2D eigenvalue weighted by molar-refractivity contribution is -0.134. The molecule has 1 aliphatic heterocycles. The molecule has 0 bridgehead atoms. The molecule has 1 unspecified atom stereocenters. The van der Waals surface area contributed by atoms with Crippen LogP contribution in [0.5, 0.6) is 0 Å². The van der Waals surface area contributed by atoms with Gasteiger partial charge in [-0.15, -0.1) is 0 Å². The van der Waals surface area contributed by atoms with Gasteiger partial charge in [0.05, 0.1) is 11.8 Å². The van der Waals surface area contributed by atoms with Crippen molar-refractivity contribution in [3.05, 3.63) is 65.2 Å². The molecule has 0 aliphatic carbocycles. The molecule has 5 rings (SSSR count). The Morgan fingerprint density at radius 1 is 1.17 bits per heavy atom. The predicted octanol–water partition coefficient (Wildman–Crippen LogP) is 4.85. The quantitative estimate of drug-likeness (QED) is 0.366. The normalized spacial score (nSPS) is 17.5. The van der Waals surface area contributed by atoms with E-state index in [1.807, 2.05) is 0 Å². The molecule has 3 aromatic heterocycles. The zero-order valence-corrected chi connectivity index (χ0v) is 19.2. The molecular formula is C23H19ClF3N7O. The average molecular weight is 502 g/mol. The zero-order chi connectivity index (χ0) is 24.8. The fourth-order valence-electron chi connectivity index (χ4n) is 4.11. The maximum atomic E-state index is 13.2. The first kappa shape index (κ1) is 23.0. The van der Waals surface area contributed by atoms with E-state index in [0.717, 1.165) is 0 Å². The first-order valence-electron chi connectivity index (χ1n) is 10.7. The van der Waals surface area contributed by atoms with Crippen molar-refractivity contribution in [2.24, 2.45) is 0 Å². The van der Waals surface area contributed by atoms with Gasteiger partial charge in [0, 0.05) is 36.6 Å². The van der Waals surface area contributed by atoms with Crippen LogP contribution < -0.4 is 10.6 Å². The number of fused-ring (bicyclic) bond motifs is 2. The molecule has 0 fully saturated rings. The van der Waals surface area contributed by atoms with Gasteiger partial charge in [-0.25, -0.2) is 19.9 Å². The van der Waals surface area contributed by atoms with Crippen molar-refractivity contribution in [1.29, 1.82) is 0 Å². The van der Waals surface area contributed by atoms with Gasteiger partial charge in [0.25, 0.3) is 0 Å². The third kappa shape index (κ3) is 4.27. The van der Waals surface area contributed by atoms with Crippen LogP contribution in [0.4, 0.5) is 24.8 Å². The Morgan fingerprint density at radius 2 is 1.94 bits per heavy atom. The summed E-state index contributed by atoms with van der Waals surface area (Å²) in [5.41, 5.74) is 0.942. The number of nitrogens with zero attached hydrogens (tertiary/aromatic N) is 5. The number of hydrogen-bond acceptors (Lipinski definition) is 6. The molecule has 1 amide bonds. The van der Waals surface area contributed by atoms with E-state index in [1.165, 1.54) is 0 Å². The van der Waals surface area contributed by atoms with Gasteiger partial charge in [0.1, 0.15) is 22.7 Å². The Morgan fingerprint density at radius 3 is 2.69 bits per heavy atom. The van der Waals surface area contributed by atoms with Crippen molar-refractivity contribution in [1.82, 2.24) is 24.3 Å². The Labute approximate surface area is 202 Å². The second-order valence-corrected chi connectivity index (χ2v) is 8.75. The molecule has 12 heteroatoms. The number of nitrogens with one attached hydrogen (secondary N) is 2. The van der Waals surface area contributed by atoms with E-state index in [4.69, 9.17) is 11.6 Å². The first-order chi connectivity index (χ1) is 16.6. The van der Waals surface area contributed by atoms with E-state index >= 15 is 0 Å². The lowest BCUT2D eigenvalue weighted by Gasteiger charge is -2.25. The highest BCUT2D eigenvalue weighted by molar-refractivity contribution is 6.30. The van der Waals surface area contributed by atoms with Crippen molar-refractivity contribution in [3.8, 4) is 11.5 Å². The summed E-state index contributed by atoms with van der Waals surface area (Å²) < 4.78 is 39.8. The molecule has 2 N–H and O–H groups in total. The van der Waals surface area contributed by atoms with Crippen molar-refractivity contribution in [3.63, 3.8) is 0 Å². The van der Waals surface area contributed by atoms with Crippen LogP contribution in [0.15, 0.2) is 49.1 Å². The number of carbonyl (C=O) groups is 1. The number of aromatic nitrogens is 5. The lowest BCUT2D eigenvalue weighted by Crippen LogP contribution is -2.33. The summed E-state index contributed by atoms with van der Waals surface area (Å²) in [6, 6.07) is 6.80. The van der Waals surface area contributed by atoms with Gasteiger partial charge >= 0.3 is 6.18 Å². The van der Waals surface area contributed by atoms with Crippen LogP contribution in [-0.4, -0.2) is 43.0 Å². The largest absolute Gasteiger partial charge is 0.389 e. The molecule has 0 radical (unpaired) electrons. The molecule has 8 nitrogen and oxygen atoms in total. The predicted molar refractivity (Wildman–Crippen MR) is 124 cm³/mol. The minimum absolute atomic E-state index is 0.00127. The minimum Gasteiger partial charge on any atom is -0.370 e. The average Bonchev–Trinajstić information content (AvgIpc) is 3.38. The number of carbonyl (C=O) groups excluding carboxylic acids is 1. The van der Waals surface area contributed by atoms with Gasteiger partial charge in [-0.2, -0.15) is 13.2 Å². The summed E-state index contributed by atoms with van der Waals surface area (Å²) in [4.78, 5) is 30.9. The van der Waals surface area contributed by atoms with Crippen molar-refractivity contribution in [2.45, 2.75) is 31.4 Å². The molecule has 4 aromatic rings. The lowest BCUT2D eigenvalue weighted by atomic mass is 9.77. The topological polar surface area (TPSA) is 97.1 Å². The van der Waals surface area contributed by atoms with Crippen LogP contribution >= 0.6 is 11.6 Å². The highest BCUT2D eigenvalue weighted by atomic mass is 35.5. The first-order valence-corrected chi connectivity index (χ1v) is 11.1. The summed E-state index contributed by atoms with van der Waals surface area (Å²) in [6.45, 7) is 1.72. The number of alkyl halides is 3. The standard InChI is InChI=1S/C23H19ClF3N7O/c1-22(13-3-5-14(24)6-4-13)17-19(29-8-2-7-23(25,26)27)31-18(32-20(17)33-21(22)35)15-12-34-10-9-28-16(34)11-30-15/h3-6,9-12H,2,7-8H2,1H3,(H2,29,31,32,33,35). The third-order valence-electron chi connectivity index (χ3n) is 5.95. The number of imidazole rings is 1. The number of hydrogen-bond donors (Lipinski definition) is 2. The van der Waals surface area contributed by atoms with E-state index in [1.54, 1.807) is 60.4 Å². The van der Waals surface area contributed by atoms with Gasteiger partial charge in [0.15, 0.2) is 11.5 Å². The maximum Gasteiger partial charge on any atom is 0.389 e. The van der Waals surface area contributed by atoms with Crippen LogP contribution in [0.1, 0.15) is 30.9 Å². The fraction of sp³-hybridized carbons (Fsp3) is 0.261. The third-order valence-corrected chi connectivity index (χ3v) is 6.21. The van der Waals surface area contributed by atoms with Crippen LogP contribution in [-0.2, 0) is 10.2 Å². The summed E-state index contributed by atoms with van der Waals surface area (Å²) in [5.74, 6) is 0.398. The number of rotatable bonds is 6. The van der Waals surface area contributed by atoms with Gasteiger partial charge in [-0.1, -0.05) is 23.7 Å². The van der Waals surface area contributed by atoms with Gasteiger partial charge in [-0.3, -0.25) is 4.79 Å². The van der Waals surface area contributed by atoms with Gasteiger partial charge in [-0.05, 0) is 31.0 Å². The number of anilines is 2. The monoisotopic (exact) mass is 501 g/mol. The number of halogens is 4. The second kappa shape index (κ2) is 8.49. The van der Waals surface area contributed by atoms with Crippen LogP contribution in [0, 0.1) is 0 Å². The summed E-state index contributed by atoms with van der Waals surface area (Å²) in [6.07, 6.45) is 1.24. The molecule has 1 aliphatic rings.